The summed E-state index contributed by atoms with van der Waals surface area (Å²) in [5.74, 6) is 0.0558. The average Bonchev–Trinajstić information content (AvgIpc) is 3.07. The van der Waals surface area contributed by atoms with Crippen molar-refractivity contribution in [2.24, 2.45) is 0 Å². The van der Waals surface area contributed by atoms with Crippen LogP contribution in [0.3, 0.4) is 0 Å². The van der Waals surface area contributed by atoms with Crippen molar-refractivity contribution in [3.63, 3.8) is 0 Å². The van der Waals surface area contributed by atoms with Crippen molar-refractivity contribution < 1.29 is 13.2 Å². The van der Waals surface area contributed by atoms with Crippen LogP contribution in [0.15, 0.2) is 12.1 Å². The minimum absolute atomic E-state index is 0.0558. The van der Waals surface area contributed by atoms with Gasteiger partial charge in [-0.2, -0.15) is 12.7 Å². The van der Waals surface area contributed by atoms with Crippen LogP contribution in [0.4, 0.5) is 5.69 Å². The van der Waals surface area contributed by atoms with Crippen LogP contribution in [-0.2, 0) is 15.0 Å². The maximum atomic E-state index is 12.9. The Morgan fingerprint density at radius 2 is 1.81 bits per heavy atom. The molecule has 1 aliphatic heterocycles. The summed E-state index contributed by atoms with van der Waals surface area (Å²) in [5.41, 5.74) is 3.82. The fraction of sp³-hybridized carbons (Fsp3) is 0.650. The Balaban J connectivity index is 2.08. The molecule has 1 atom stereocenters. The summed E-state index contributed by atoms with van der Waals surface area (Å²) in [6, 6.07) is 3.18. The number of aryl methyl sites for hydroxylation is 2. The largest absolute Gasteiger partial charge is 0.302 e. The van der Waals surface area contributed by atoms with Crippen LogP contribution in [0.5, 0.6) is 0 Å². The summed E-state index contributed by atoms with van der Waals surface area (Å²) >= 11 is 0. The standard InChI is InChI=1S/C20H32N2O3S/c1-5-6-7-8-11-20(23)19-10-9-12-22(19)26(24,25)21-18-13-15(2)17(4)16(3)14-18/h13-14,19,21H,5-12H2,1-4H3/t19-/m0/s1. The summed E-state index contributed by atoms with van der Waals surface area (Å²) < 4.78 is 29.8. The fourth-order valence-corrected chi connectivity index (χ4v) is 5.00. The van der Waals surface area contributed by atoms with Gasteiger partial charge in [-0.3, -0.25) is 9.52 Å². The van der Waals surface area contributed by atoms with Crippen molar-refractivity contribution in [2.45, 2.75) is 78.7 Å². The van der Waals surface area contributed by atoms with Crippen molar-refractivity contribution in [3.8, 4) is 0 Å². The van der Waals surface area contributed by atoms with E-state index in [0.717, 1.165) is 48.8 Å². The highest BCUT2D eigenvalue weighted by molar-refractivity contribution is 7.90. The van der Waals surface area contributed by atoms with Crippen LogP contribution in [-0.4, -0.2) is 31.1 Å². The number of nitrogens with one attached hydrogen (secondary N) is 1. The quantitative estimate of drug-likeness (QED) is 0.651. The third-order valence-electron chi connectivity index (χ3n) is 5.33. The van der Waals surface area contributed by atoms with Crippen molar-refractivity contribution in [1.29, 1.82) is 0 Å². The van der Waals surface area contributed by atoms with Gasteiger partial charge in [0, 0.05) is 13.0 Å². The topological polar surface area (TPSA) is 66.5 Å². The molecule has 6 heteroatoms. The normalized spacial score (nSPS) is 18.2. The van der Waals surface area contributed by atoms with Crippen LogP contribution >= 0.6 is 0 Å². The van der Waals surface area contributed by atoms with Crippen LogP contribution in [0.2, 0.25) is 0 Å². The van der Waals surface area contributed by atoms with Gasteiger partial charge in [-0.1, -0.05) is 26.2 Å². The van der Waals surface area contributed by atoms with Crippen LogP contribution in [0.1, 0.15) is 68.6 Å². The molecule has 0 amide bonds. The predicted molar refractivity (Wildman–Crippen MR) is 107 cm³/mol. The van der Waals surface area contributed by atoms with E-state index in [1.165, 1.54) is 4.31 Å². The number of ketones is 1. The van der Waals surface area contributed by atoms with Gasteiger partial charge in [0.25, 0.3) is 0 Å². The molecule has 1 aromatic carbocycles. The first-order chi connectivity index (χ1) is 12.3. The molecule has 0 radical (unpaired) electrons. The smallest absolute Gasteiger partial charge is 0.298 e. The number of hydrogen-bond donors (Lipinski definition) is 1. The lowest BCUT2D eigenvalue weighted by molar-refractivity contribution is -0.122. The SMILES string of the molecule is CCCCCCC(=O)[C@@H]1CCCN1S(=O)(=O)Nc1cc(C)c(C)c(C)c1. The van der Waals surface area contributed by atoms with Crippen LogP contribution < -0.4 is 4.72 Å². The maximum absolute atomic E-state index is 12.9. The molecule has 0 unspecified atom stereocenters. The van der Waals surface area contributed by atoms with Gasteiger partial charge in [0.05, 0.1) is 11.7 Å². The second-order valence-corrected chi connectivity index (χ2v) is 9.01. The van der Waals surface area contributed by atoms with Gasteiger partial charge in [-0.05, 0) is 68.9 Å². The monoisotopic (exact) mass is 380 g/mol. The Morgan fingerprint density at radius 1 is 1.15 bits per heavy atom. The number of anilines is 1. The van der Waals surface area contributed by atoms with Gasteiger partial charge in [0.15, 0.2) is 5.78 Å². The van der Waals surface area contributed by atoms with E-state index in [0.29, 0.717) is 25.1 Å². The lowest BCUT2D eigenvalue weighted by Crippen LogP contribution is -2.43. The maximum Gasteiger partial charge on any atom is 0.302 e. The van der Waals surface area contributed by atoms with Gasteiger partial charge < -0.3 is 0 Å². The van der Waals surface area contributed by atoms with Crippen LogP contribution in [0.25, 0.3) is 0 Å². The van der Waals surface area contributed by atoms with Crippen molar-refractivity contribution in [3.05, 3.63) is 28.8 Å². The highest BCUT2D eigenvalue weighted by Crippen LogP contribution is 2.26. The van der Waals surface area contributed by atoms with E-state index >= 15 is 0 Å². The molecule has 0 spiro atoms. The van der Waals surface area contributed by atoms with Crippen molar-refractivity contribution >= 4 is 21.7 Å². The van der Waals surface area contributed by atoms with Crippen LogP contribution in [0, 0.1) is 20.8 Å². The van der Waals surface area contributed by atoms with Crippen molar-refractivity contribution in [1.82, 2.24) is 4.31 Å². The summed E-state index contributed by atoms with van der Waals surface area (Å²) in [6.07, 6.45) is 5.95. The zero-order valence-corrected chi connectivity index (χ0v) is 17.3. The molecule has 26 heavy (non-hydrogen) atoms. The first-order valence-electron chi connectivity index (χ1n) is 9.66. The highest BCUT2D eigenvalue weighted by Gasteiger charge is 2.38. The summed E-state index contributed by atoms with van der Waals surface area (Å²) in [6.45, 7) is 8.51. The Bertz CT molecular complexity index is 720. The zero-order valence-electron chi connectivity index (χ0n) is 16.5. The minimum Gasteiger partial charge on any atom is -0.298 e. The molecule has 1 aliphatic rings. The molecular weight excluding hydrogens is 348 g/mol. The lowest BCUT2D eigenvalue weighted by atomic mass is 10.0. The average molecular weight is 381 g/mol. The van der Waals surface area contributed by atoms with Gasteiger partial charge in [-0.15, -0.1) is 0 Å². The molecule has 0 aliphatic carbocycles. The molecular formula is C20H32N2O3S. The molecule has 0 saturated carbocycles. The summed E-state index contributed by atoms with van der Waals surface area (Å²) in [5, 5.41) is 0. The molecule has 1 N–H and O–H groups in total. The van der Waals surface area contributed by atoms with Gasteiger partial charge >= 0.3 is 10.2 Å². The molecule has 1 fully saturated rings. The molecule has 2 rings (SSSR count). The first-order valence-corrected chi connectivity index (χ1v) is 11.1. The Hall–Kier alpha value is -1.40. The van der Waals surface area contributed by atoms with E-state index in [-0.39, 0.29) is 5.78 Å². The molecule has 0 bridgehead atoms. The van der Waals surface area contributed by atoms with E-state index in [2.05, 4.69) is 11.6 Å². The molecule has 0 aromatic heterocycles. The highest BCUT2D eigenvalue weighted by atomic mass is 32.2. The van der Waals surface area contributed by atoms with Gasteiger partial charge in [-0.25, -0.2) is 0 Å². The molecule has 1 heterocycles. The zero-order chi connectivity index (χ0) is 19.3. The number of carbonyl (C=O) groups excluding carboxylic acids is 1. The Kier molecular flexibility index (Phi) is 7.24. The number of carbonyl (C=O) groups is 1. The van der Waals surface area contributed by atoms with E-state index in [9.17, 15) is 13.2 Å². The number of Topliss-reactive ketones (excluding diaryl/α,β-unsaturated/α-hetero) is 1. The predicted octanol–water partition coefficient (Wildman–Crippen LogP) is 4.27. The molecule has 5 nitrogen and oxygen atoms in total. The second-order valence-electron chi connectivity index (χ2n) is 7.39. The second kappa shape index (κ2) is 9.00. The van der Waals surface area contributed by atoms with Gasteiger partial charge in [0.1, 0.15) is 0 Å². The van der Waals surface area contributed by atoms with Gasteiger partial charge in [0.2, 0.25) is 0 Å². The third kappa shape index (κ3) is 5.07. The first kappa shape index (κ1) is 20.9. The number of benzene rings is 1. The minimum atomic E-state index is -3.73. The summed E-state index contributed by atoms with van der Waals surface area (Å²) in [4.78, 5) is 12.5. The number of rotatable bonds is 9. The number of unbranched alkanes of at least 4 members (excludes halogenated alkanes) is 3. The Morgan fingerprint density at radius 3 is 2.42 bits per heavy atom. The Labute approximate surface area is 158 Å². The molecule has 1 saturated heterocycles. The number of nitrogens with zero attached hydrogens (tertiary/aromatic N) is 1. The lowest BCUT2D eigenvalue weighted by Gasteiger charge is -2.24. The molecule has 146 valence electrons. The third-order valence-corrected chi connectivity index (χ3v) is 6.88. The van der Waals surface area contributed by atoms with E-state index in [1.54, 1.807) is 0 Å². The van der Waals surface area contributed by atoms with E-state index in [1.807, 2.05) is 32.9 Å². The molecule has 1 aromatic rings. The van der Waals surface area contributed by atoms with E-state index in [4.69, 9.17) is 0 Å². The van der Waals surface area contributed by atoms with Crippen molar-refractivity contribution in [2.75, 3.05) is 11.3 Å². The number of hydrogen-bond acceptors (Lipinski definition) is 3. The fourth-order valence-electron chi connectivity index (χ4n) is 3.54. The summed E-state index contributed by atoms with van der Waals surface area (Å²) in [7, 11) is -3.73. The van der Waals surface area contributed by atoms with E-state index < -0.39 is 16.3 Å².